The van der Waals surface area contributed by atoms with Crippen LogP contribution in [0.5, 0.6) is 0 Å². The Morgan fingerprint density at radius 1 is 0.947 bits per heavy atom. The van der Waals surface area contributed by atoms with E-state index in [1.54, 1.807) is 6.92 Å². The van der Waals surface area contributed by atoms with Gasteiger partial charge in [0, 0.05) is 10.0 Å². The number of halogens is 1. The maximum atomic E-state index is 11.8. The fraction of sp³-hybridized carbons (Fsp3) is 0.588. The number of carbonyl (C=O) groups is 1. The zero-order valence-electron chi connectivity index (χ0n) is 12.9. The van der Waals surface area contributed by atoms with Crippen LogP contribution in [0.3, 0.4) is 0 Å². The summed E-state index contributed by atoms with van der Waals surface area (Å²) < 4.78 is 0.917. The molecule has 0 radical (unpaired) electrons. The second kappa shape index (κ2) is 3.94. The molecule has 0 saturated heterocycles. The van der Waals surface area contributed by atoms with E-state index in [-0.39, 0.29) is 22.0 Å². The van der Waals surface area contributed by atoms with Gasteiger partial charge in [-0.2, -0.15) is 0 Å². The molecule has 2 rings (SSSR count). The number of hydrogen-bond donors (Lipinski definition) is 0. The van der Waals surface area contributed by atoms with Crippen LogP contribution >= 0.6 is 15.9 Å². The van der Waals surface area contributed by atoms with Gasteiger partial charge in [-0.25, -0.2) is 0 Å². The van der Waals surface area contributed by atoms with Crippen LogP contribution in [0.15, 0.2) is 16.6 Å². The van der Waals surface area contributed by atoms with Crippen LogP contribution in [-0.4, -0.2) is 5.78 Å². The van der Waals surface area contributed by atoms with E-state index in [0.717, 1.165) is 10.0 Å². The largest absolute Gasteiger partial charge is 0.294 e. The number of fused-ring (bicyclic) bond motifs is 1. The third-order valence-corrected chi connectivity index (χ3v) is 6.61. The minimum absolute atomic E-state index is 0.0523. The van der Waals surface area contributed by atoms with E-state index in [9.17, 15) is 4.79 Å². The molecule has 0 heterocycles. The molecule has 0 aliphatic heterocycles. The fourth-order valence-electron chi connectivity index (χ4n) is 3.33. The molecule has 104 valence electrons. The second-order valence-electron chi connectivity index (χ2n) is 7.31. The molecule has 2 heteroatoms. The van der Waals surface area contributed by atoms with Crippen molar-refractivity contribution in [3.8, 4) is 0 Å². The predicted octanol–water partition coefficient (Wildman–Crippen LogP) is 5.25. The summed E-state index contributed by atoms with van der Waals surface area (Å²) in [6.45, 7) is 15.5. The average molecular weight is 323 g/mol. The summed E-state index contributed by atoms with van der Waals surface area (Å²) in [5.74, 6) is 0.119. The molecule has 0 fully saturated rings. The number of ketones is 1. The van der Waals surface area contributed by atoms with Crippen molar-refractivity contribution in [3.63, 3.8) is 0 Å². The molecular weight excluding hydrogens is 300 g/mol. The number of rotatable bonds is 1. The van der Waals surface area contributed by atoms with Crippen LogP contribution < -0.4 is 0 Å². The quantitative estimate of drug-likeness (QED) is 0.645. The lowest BCUT2D eigenvalue weighted by atomic mass is 9.59. The lowest BCUT2D eigenvalue weighted by molar-refractivity contribution is 0.101. The maximum Gasteiger partial charge on any atom is 0.160 e. The van der Waals surface area contributed by atoms with E-state index in [1.807, 2.05) is 0 Å². The van der Waals surface area contributed by atoms with Crippen LogP contribution in [0.2, 0.25) is 0 Å². The Morgan fingerprint density at radius 3 is 1.79 bits per heavy atom. The first-order valence-electron chi connectivity index (χ1n) is 6.80. The number of hydrogen-bond acceptors (Lipinski definition) is 1. The van der Waals surface area contributed by atoms with E-state index >= 15 is 0 Å². The summed E-state index contributed by atoms with van der Waals surface area (Å²) >= 11 is 3.56. The van der Waals surface area contributed by atoms with Gasteiger partial charge in [0.25, 0.3) is 0 Å². The van der Waals surface area contributed by atoms with Gasteiger partial charge in [-0.1, -0.05) is 57.5 Å². The Hall–Kier alpha value is -0.630. The molecule has 1 aliphatic rings. The summed E-state index contributed by atoms with van der Waals surface area (Å²) in [6.07, 6.45) is 0. The van der Waals surface area contributed by atoms with Crippen molar-refractivity contribution in [2.45, 2.75) is 59.3 Å². The smallest absolute Gasteiger partial charge is 0.160 e. The highest BCUT2D eigenvalue weighted by Crippen LogP contribution is 2.61. The van der Waals surface area contributed by atoms with E-state index < -0.39 is 0 Å². The summed E-state index contributed by atoms with van der Waals surface area (Å²) in [5.41, 5.74) is 3.74. The monoisotopic (exact) mass is 322 g/mol. The molecule has 0 saturated carbocycles. The highest BCUT2D eigenvalue weighted by atomic mass is 79.9. The number of Topliss-reactive ketones (excluding diaryl/α,β-unsaturated/α-hetero) is 1. The molecule has 0 aromatic heterocycles. The molecular formula is C17H23BrO. The number of carbonyl (C=O) groups excluding carboxylic acids is 1. The molecule has 0 bridgehead atoms. The van der Waals surface area contributed by atoms with Crippen molar-refractivity contribution in [1.29, 1.82) is 0 Å². The first kappa shape index (κ1) is 14.8. The molecule has 19 heavy (non-hydrogen) atoms. The Kier molecular flexibility index (Phi) is 3.06. The van der Waals surface area contributed by atoms with Gasteiger partial charge in [0.05, 0.1) is 0 Å². The average Bonchev–Trinajstić information content (AvgIpc) is 2.35. The van der Waals surface area contributed by atoms with Crippen molar-refractivity contribution < 1.29 is 4.79 Å². The lowest BCUT2D eigenvalue weighted by Crippen LogP contribution is -2.42. The molecule has 0 atom stereocenters. The topological polar surface area (TPSA) is 17.1 Å². The second-order valence-corrected chi connectivity index (χ2v) is 8.16. The van der Waals surface area contributed by atoms with Crippen molar-refractivity contribution in [1.82, 2.24) is 0 Å². The van der Waals surface area contributed by atoms with Gasteiger partial charge in [0.15, 0.2) is 5.78 Å². The standard InChI is InChI=1S/C17H23BrO/c1-10(19)11-8-12-13(9-14(11)18)16(4,5)17(6,7)15(12,2)3/h8-9H,1-7H3. The molecule has 0 unspecified atom stereocenters. The Morgan fingerprint density at radius 2 is 1.37 bits per heavy atom. The Labute approximate surface area is 124 Å². The molecule has 1 aromatic rings. The predicted molar refractivity (Wildman–Crippen MR) is 84.0 cm³/mol. The zero-order chi connectivity index (χ0) is 14.8. The van der Waals surface area contributed by atoms with Crippen molar-refractivity contribution in [2.75, 3.05) is 0 Å². The molecule has 0 amide bonds. The van der Waals surface area contributed by atoms with Crippen molar-refractivity contribution >= 4 is 21.7 Å². The first-order chi connectivity index (χ1) is 8.44. The summed E-state index contributed by atoms with van der Waals surface area (Å²) in [4.78, 5) is 11.8. The molecule has 1 nitrogen and oxygen atoms in total. The third-order valence-electron chi connectivity index (χ3n) is 5.96. The normalized spacial score (nSPS) is 22.1. The van der Waals surface area contributed by atoms with Gasteiger partial charge in [-0.05, 0) is 46.4 Å². The molecule has 0 spiro atoms. The highest BCUT2D eigenvalue weighted by molar-refractivity contribution is 9.10. The zero-order valence-corrected chi connectivity index (χ0v) is 14.5. The molecule has 1 aromatic carbocycles. The van der Waals surface area contributed by atoms with Crippen LogP contribution in [0.25, 0.3) is 0 Å². The first-order valence-corrected chi connectivity index (χ1v) is 7.59. The van der Waals surface area contributed by atoms with Crippen LogP contribution in [0, 0.1) is 5.41 Å². The third kappa shape index (κ3) is 1.68. The maximum absolute atomic E-state index is 11.8. The summed E-state index contributed by atoms with van der Waals surface area (Å²) in [5, 5.41) is 0. The van der Waals surface area contributed by atoms with E-state index in [0.29, 0.717) is 0 Å². The van der Waals surface area contributed by atoms with Crippen LogP contribution in [0.4, 0.5) is 0 Å². The molecule has 1 aliphatic carbocycles. The highest BCUT2D eigenvalue weighted by Gasteiger charge is 2.56. The summed E-state index contributed by atoms with van der Waals surface area (Å²) in [7, 11) is 0. The minimum Gasteiger partial charge on any atom is -0.294 e. The summed E-state index contributed by atoms with van der Waals surface area (Å²) in [6, 6.07) is 4.25. The Balaban J connectivity index is 2.83. The Bertz CT molecular complexity index is 565. The fourth-order valence-corrected chi connectivity index (χ4v) is 3.95. The van der Waals surface area contributed by atoms with Gasteiger partial charge in [-0.3, -0.25) is 4.79 Å². The van der Waals surface area contributed by atoms with Gasteiger partial charge >= 0.3 is 0 Å². The van der Waals surface area contributed by atoms with Gasteiger partial charge in [0.2, 0.25) is 0 Å². The van der Waals surface area contributed by atoms with E-state index in [1.165, 1.54) is 11.1 Å². The molecule has 0 N–H and O–H groups in total. The van der Waals surface area contributed by atoms with Crippen LogP contribution in [-0.2, 0) is 10.8 Å². The number of benzene rings is 1. The van der Waals surface area contributed by atoms with Gasteiger partial charge < -0.3 is 0 Å². The van der Waals surface area contributed by atoms with E-state index in [4.69, 9.17) is 0 Å². The SMILES string of the molecule is CC(=O)c1cc2c(cc1Br)C(C)(C)C(C)(C)C2(C)C. The van der Waals surface area contributed by atoms with Gasteiger partial charge in [0.1, 0.15) is 0 Å². The lowest BCUT2D eigenvalue weighted by Gasteiger charge is -2.44. The van der Waals surface area contributed by atoms with Crippen LogP contribution in [0.1, 0.15) is 70.0 Å². The van der Waals surface area contributed by atoms with E-state index in [2.05, 4.69) is 69.6 Å². The van der Waals surface area contributed by atoms with Gasteiger partial charge in [-0.15, -0.1) is 0 Å². The van der Waals surface area contributed by atoms with Crippen molar-refractivity contribution in [3.05, 3.63) is 33.3 Å². The van der Waals surface area contributed by atoms with Crippen molar-refractivity contribution in [2.24, 2.45) is 5.41 Å². The minimum atomic E-state index is 0.0523.